The molecule has 4 heteroatoms. The summed E-state index contributed by atoms with van der Waals surface area (Å²) in [6, 6.07) is 9.93. The normalized spacial score (nSPS) is 11.4. The first-order valence-electron chi connectivity index (χ1n) is 6.32. The minimum atomic E-state index is -0.406. The van der Waals surface area contributed by atoms with E-state index in [0.717, 1.165) is 5.56 Å². The average Bonchev–Trinajstić information content (AvgIpc) is 2.97. The number of esters is 1. The van der Waals surface area contributed by atoms with Gasteiger partial charge in [-0.3, -0.25) is 0 Å². The Balaban J connectivity index is 2.20. The molecule has 2 rings (SSSR count). The van der Waals surface area contributed by atoms with Crippen molar-refractivity contribution in [2.45, 2.75) is 13.0 Å². The molecule has 20 heavy (non-hydrogen) atoms. The highest BCUT2D eigenvalue weighted by Gasteiger charge is 2.17. The van der Waals surface area contributed by atoms with Crippen LogP contribution in [-0.2, 0) is 4.74 Å². The molecule has 1 aromatic carbocycles. The molecular formula is C16H16N2O2. The van der Waals surface area contributed by atoms with E-state index in [2.05, 4.69) is 17.3 Å². The molecular weight excluding hydrogens is 252 g/mol. The molecule has 102 valence electrons. The maximum absolute atomic E-state index is 12.0. The summed E-state index contributed by atoms with van der Waals surface area (Å²) < 4.78 is 6.90. The van der Waals surface area contributed by atoms with Crippen LogP contribution in [0.15, 0.2) is 61.2 Å². The lowest BCUT2D eigenvalue weighted by Crippen LogP contribution is -2.15. The fourth-order valence-corrected chi connectivity index (χ4v) is 1.91. The van der Waals surface area contributed by atoms with Crippen molar-refractivity contribution in [3.05, 3.63) is 72.5 Å². The molecule has 0 aliphatic carbocycles. The maximum Gasteiger partial charge on any atom is 0.356 e. The molecule has 1 aromatic heterocycles. The summed E-state index contributed by atoms with van der Waals surface area (Å²) in [7, 11) is 0. The maximum atomic E-state index is 12.0. The zero-order valence-electron chi connectivity index (χ0n) is 11.3. The highest BCUT2D eigenvalue weighted by molar-refractivity contribution is 5.87. The Labute approximate surface area is 118 Å². The Hall–Kier alpha value is -2.58. The number of imidazole rings is 1. The number of aromatic nitrogens is 2. The van der Waals surface area contributed by atoms with Crippen LogP contribution < -0.4 is 0 Å². The van der Waals surface area contributed by atoms with Crippen LogP contribution in [0.2, 0.25) is 0 Å². The van der Waals surface area contributed by atoms with Crippen LogP contribution in [-0.4, -0.2) is 22.1 Å². The number of carbonyl (C=O) groups excluding carboxylic acids is 1. The van der Waals surface area contributed by atoms with Gasteiger partial charge in [0, 0.05) is 0 Å². The van der Waals surface area contributed by atoms with Gasteiger partial charge in [0.2, 0.25) is 0 Å². The van der Waals surface area contributed by atoms with Crippen LogP contribution in [0.3, 0.4) is 0 Å². The van der Waals surface area contributed by atoms with Crippen molar-refractivity contribution >= 4 is 5.97 Å². The molecule has 1 heterocycles. The number of hydrogen-bond donors (Lipinski definition) is 0. The van der Waals surface area contributed by atoms with Gasteiger partial charge < -0.3 is 9.30 Å². The zero-order valence-corrected chi connectivity index (χ0v) is 11.3. The van der Waals surface area contributed by atoms with Gasteiger partial charge in [0.1, 0.15) is 12.3 Å². The second-order valence-electron chi connectivity index (χ2n) is 4.28. The summed E-state index contributed by atoms with van der Waals surface area (Å²) in [5.41, 5.74) is 4.09. The quantitative estimate of drug-likeness (QED) is 0.618. The van der Waals surface area contributed by atoms with Gasteiger partial charge in [-0.05, 0) is 18.6 Å². The summed E-state index contributed by atoms with van der Waals surface area (Å²) in [6.45, 7) is 5.59. The monoisotopic (exact) mass is 268 g/mol. The van der Waals surface area contributed by atoms with Gasteiger partial charge in [0.15, 0.2) is 0 Å². The highest BCUT2D eigenvalue weighted by Crippen LogP contribution is 2.19. The Kier molecular flexibility index (Phi) is 4.53. The van der Waals surface area contributed by atoms with Crippen molar-refractivity contribution < 1.29 is 9.53 Å². The smallest absolute Gasteiger partial charge is 0.356 e. The second kappa shape index (κ2) is 6.55. The Bertz CT molecular complexity index is 625. The molecule has 0 fully saturated rings. The molecule has 4 nitrogen and oxygen atoms in total. The van der Waals surface area contributed by atoms with Gasteiger partial charge in [0.25, 0.3) is 0 Å². The van der Waals surface area contributed by atoms with Gasteiger partial charge in [-0.2, -0.15) is 0 Å². The summed E-state index contributed by atoms with van der Waals surface area (Å²) >= 11 is 0. The van der Waals surface area contributed by atoms with E-state index in [4.69, 9.17) is 4.74 Å². The van der Waals surface area contributed by atoms with Gasteiger partial charge in [-0.1, -0.05) is 36.9 Å². The van der Waals surface area contributed by atoms with E-state index in [0.29, 0.717) is 5.69 Å². The van der Waals surface area contributed by atoms with E-state index in [1.807, 2.05) is 37.3 Å². The Morgan fingerprint density at radius 2 is 2.25 bits per heavy atom. The van der Waals surface area contributed by atoms with Crippen LogP contribution in [0, 0.1) is 0 Å². The van der Waals surface area contributed by atoms with Crippen LogP contribution in [0.25, 0.3) is 0 Å². The minimum Gasteiger partial charge on any atom is -0.456 e. The molecule has 0 saturated heterocycles. The molecule has 2 aromatic rings. The number of hydrogen-bond acceptors (Lipinski definition) is 3. The highest BCUT2D eigenvalue weighted by atomic mass is 16.5. The fraction of sp³-hybridized carbons (Fsp3) is 0.188. The molecule has 1 atom stereocenters. The van der Waals surface area contributed by atoms with Gasteiger partial charge in [-0.15, -0.1) is 5.73 Å². The van der Waals surface area contributed by atoms with Crippen molar-refractivity contribution in [2.75, 3.05) is 6.61 Å². The first-order chi connectivity index (χ1) is 9.74. The molecule has 0 radical (unpaired) electrons. The number of ether oxygens (including phenoxy) is 1. The van der Waals surface area contributed by atoms with Gasteiger partial charge >= 0.3 is 5.97 Å². The first-order valence-corrected chi connectivity index (χ1v) is 6.32. The molecule has 0 amide bonds. The largest absolute Gasteiger partial charge is 0.456 e. The summed E-state index contributed by atoms with van der Waals surface area (Å²) in [5.74, 6) is -0.406. The third-order valence-electron chi connectivity index (χ3n) is 3.02. The van der Waals surface area contributed by atoms with E-state index in [1.165, 1.54) is 6.20 Å². The van der Waals surface area contributed by atoms with Crippen molar-refractivity contribution in [3.8, 4) is 0 Å². The van der Waals surface area contributed by atoms with Gasteiger partial charge in [0.05, 0.1) is 18.6 Å². The molecule has 0 bridgehead atoms. The van der Waals surface area contributed by atoms with Crippen LogP contribution >= 0.6 is 0 Å². The molecule has 0 aliphatic rings. The van der Waals surface area contributed by atoms with Crippen molar-refractivity contribution in [1.29, 1.82) is 0 Å². The third-order valence-corrected chi connectivity index (χ3v) is 3.02. The van der Waals surface area contributed by atoms with Crippen LogP contribution in [0.5, 0.6) is 0 Å². The summed E-state index contributed by atoms with van der Waals surface area (Å²) in [5, 5.41) is 0. The minimum absolute atomic E-state index is 0.0104. The molecule has 0 saturated carbocycles. The lowest BCUT2D eigenvalue weighted by atomic mass is 10.1. The fourth-order valence-electron chi connectivity index (χ4n) is 1.91. The van der Waals surface area contributed by atoms with E-state index < -0.39 is 5.97 Å². The SMILES string of the molecule is C=C=CCOC(=O)c1cncn1[C@H](C)c1ccccc1. The number of carbonyl (C=O) groups is 1. The van der Waals surface area contributed by atoms with Crippen LogP contribution in [0.4, 0.5) is 0 Å². The first kappa shape index (κ1) is 13.8. The van der Waals surface area contributed by atoms with Crippen molar-refractivity contribution in [2.24, 2.45) is 0 Å². The molecule has 0 aliphatic heterocycles. The summed E-state index contributed by atoms with van der Waals surface area (Å²) in [4.78, 5) is 16.0. The second-order valence-corrected chi connectivity index (χ2v) is 4.28. The van der Waals surface area contributed by atoms with E-state index in [-0.39, 0.29) is 12.6 Å². The predicted octanol–water partition coefficient (Wildman–Crippen LogP) is 2.99. The lowest BCUT2D eigenvalue weighted by Gasteiger charge is -2.16. The molecule has 0 spiro atoms. The third kappa shape index (κ3) is 3.05. The lowest BCUT2D eigenvalue weighted by molar-refractivity contribution is 0.0536. The van der Waals surface area contributed by atoms with E-state index >= 15 is 0 Å². The Morgan fingerprint density at radius 1 is 1.50 bits per heavy atom. The van der Waals surface area contributed by atoms with Crippen molar-refractivity contribution in [1.82, 2.24) is 9.55 Å². The average molecular weight is 268 g/mol. The predicted molar refractivity (Wildman–Crippen MR) is 76.5 cm³/mol. The zero-order chi connectivity index (χ0) is 14.4. The van der Waals surface area contributed by atoms with E-state index in [9.17, 15) is 4.79 Å². The topological polar surface area (TPSA) is 44.1 Å². The number of nitrogens with zero attached hydrogens (tertiary/aromatic N) is 2. The van der Waals surface area contributed by atoms with Crippen LogP contribution in [0.1, 0.15) is 29.0 Å². The van der Waals surface area contributed by atoms with Crippen molar-refractivity contribution in [3.63, 3.8) is 0 Å². The number of rotatable bonds is 5. The summed E-state index contributed by atoms with van der Waals surface area (Å²) in [6.07, 6.45) is 4.70. The standard InChI is InChI=1S/C16H16N2O2/c1-3-4-10-20-16(19)15-11-17-12-18(15)13(2)14-8-6-5-7-9-14/h4-9,11-13H,1,10H2,2H3/t13-/m1/s1. The molecule has 0 unspecified atom stereocenters. The van der Waals surface area contributed by atoms with E-state index in [1.54, 1.807) is 17.0 Å². The van der Waals surface area contributed by atoms with Gasteiger partial charge in [-0.25, -0.2) is 9.78 Å². The Morgan fingerprint density at radius 3 is 2.95 bits per heavy atom. The molecule has 0 N–H and O–H groups in total. The number of benzene rings is 1.